The molecule has 120 valence electrons. The Balaban J connectivity index is 2.21. The number of nitrogens with one attached hydrogen (secondary N) is 1. The first-order valence-corrected chi connectivity index (χ1v) is 7.80. The van der Waals surface area contributed by atoms with Crippen LogP contribution in [0.2, 0.25) is 0 Å². The highest BCUT2D eigenvalue weighted by Crippen LogP contribution is 2.19. The van der Waals surface area contributed by atoms with Crippen LogP contribution < -0.4 is 5.32 Å². The van der Waals surface area contributed by atoms with Gasteiger partial charge in [0.15, 0.2) is 0 Å². The molecule has 2 rings (SSSR count). The van der Waals surface area contributed by atoms with Gasteiger partial charge in [0.05, 0.1) is 0 Å². The number of nitriles is 1. The molecule has 0 atom stereocenters. The van der Waals surface area contributed by atoms with E-state index in [1.807, 2.05) is 62.4 Å². The monoisotopic (exact) mass is 336 g/mol. The number of amides is 1. The minimum absolute atomic E-state index is 0.0481. The predicted octanol–water partition coefficient (Wildman–Crippen LogP) is 4.97. The second-order valence-electron chi connectivity index (χ2n) is 5.31. The number of anilines is 1. The highest BCUT2D eigenvalue weighted by molar-refractivity contribution is 6.33. The minimum Gasteiger partial charge on any atom is -0.321 e. The molecule has 24 heavy (non-hydrogen) atoms. The van der Waals surface area contributed by atoms with E-state index >= 15 is 0 Å². The number of aryl methyl sites for hydroxylation is 1. The van der Waals surface area contributed by atoms with Gasteiger partial charge in [-0.05, 0) is 48.8 Å². The first-order valence-electron chi connectivity index (χ1n) is 7.43. The third-order valence-electron chi connectivity index (χ3n) is 3.60. The van der Waals surface area contributed by atoms with Crippen LogP contribution in [0.5, 0.6) is 0 Å². The molecule has 3 nitrogen and oxygen atoms in total. The van der Waals surface area contributed by atoms with Crippen molar-refractivity contribution in [2.75, 3.05) is 5.32 Å². The summed E-state index contributed by atoms with van der Waals surface area (Å²) in [5.41, 5.74) is 3.56. The molecule has 0 radical (unpaired) electrons. The fraction of sp³-hybridized carbons (Fsp3) is 0.100. The Kier molecular flexibility index (Phi) is 5.95. The molecule has 4 heteroatoms. The fourth-order valence-electron chi connectivity index (χ4n) is 2.11. The van der Waals surface area contributed by atoms with Crippen molar-refractivity contribution >= 4 is 29.3 Å². The molecule has 0 aliphatic heterocycles. The minimum atomic E-state index is -0.481. The molecule has 0 aliphatic rings. The van der Waals surface area contributed by atoms with E-state index < -0.39 is 5.91 Å². The van der Waals surface area contributed by atoms with E-state index in [0.717, 1.165) is 16.7 Å². The van der Waals surface area contributed by atoms with Crippen LogP contribution in [-0.4, -0.2) is 5.91 Å². The number of nitrogens with zero attached hydrogens (tertiary/aromatic N) is 1. The van der Waals surface area contributed by atoms with Gasteiger partial charge in [0.25, 0.3) is 5.91 Å². The van der Waals surface area contributed by atoms with Crippen molar-refractivity contribution in [1.29, 1.82) is 5.26 Å². The molecule has 2 aromatic carbocycles. The quantitative estimate of drug-likeness (QED) is 0.486. The molecule has 0 spiro atoms. The molecule has 2 aromatic rings. The van der Waals surface area contributed by atoms with Crippen LogP contribution in [0.1, 0.15) is 16.7 Å². The number of carbonyl (C=O) groups excluding carboxylic acids is 1. The molecular formula is C20H17ClN2O. The van der Waals surface area contributed by atoms with Gasteiger partial charge >= 0.3 is 0 Å². The first kappa shape index (κ1) is 17.5. The van der Waals surface area contributed by atoms with E-state index in [1.54, 1.807) is 12.1 Å². The van der Waals surface area contributed by atoms with Crippen molar-refractivity contribution in [2.24, 2.45) is 0 Å². The highest BCUT2D eigenvalue weighted by atomic mass is 35.5. The van der Waals surface area contributed by atoms with Gasteiger partial charge in [0.1, 0.15) is 11.6 Å². The first-order chi connectivity index (χ1) is 11.5. The summed E-state index contributed by atoms with van der Waals surface area (Å²) in [6.07, 6.45) is 3.07. The van der Waals surface area contributed by atoms with E-state index in [0.29, 0.717) is 10.7 Å². The van der Waals surface area contributed by atoms with Crippen molar-refractivity contribution in [2.45, 2.75) is 13.8 Å². The SMILES string of the molecule is Cc1cccc(NC(=O)/C(C#N)=C/C(Cl)=C/c2ccccc2)c1C. The number of rotatable bonds is 4. The molecule has 0 aromatic heterocycles. The molecule has 0 saturated heterocycles. The maximum atomic E-state index is 12.3. The summed E-state index contributed by atoms with van der Waals surface area (Å²) in [4.78, 5) is 12.3. The zero-order chi connectivity index (χ0) is 17.5. The summed E-state index contributed by atoms with van der Waals surface area (Å²) in [7, 11) is 0. The Hall–Kier alpha value is -2.83. The van der Waals surface area contributed by atoms with Crippen LogP contribution >= 0.6 is 11.6 Å². The van der Waals surface area contributed by atoms with E-state index in [2.05, 4.69) is 5.32 Å². The number of halogens is 1. The number of hydrogen-bond donors (Lipinski definition) is 1. The molecule has 1 amide bonds. The van der Waals surface area contributed by atoms with Gasteiger partial charge in [-0.3, -0.25) is 4.79 Å². The van der Waals surface area contributed by atoms with Gasteiger partial charge in [0.2, 0.25) is 0 Å². The summed E-state index contributed by atoms with van der Waals surface area (Å²) < 4.78 is 0. The van der Waals surface area contributed by atoms with Crippen LogP contribution in [0.4, 0.5) is 5.69 Å². The van der Waals surface area contributed by atoms with Crippen LogP contribution in [-0.2, 0) is 4.79 Å². The molecule has 0 saturated carbocycles. The summed E-state index contributed by atoms with van der Waals surface area (Å²) in [6.45, 7) is 3.88. The zero-order valence-electron chi connectivity index (χ0n) is 13.5. The fourth-order valence-corrected chi connectivity index (χ4v) is 2.35. The van der Waals surface area contributed by atoms with Crippen LogP contribution in [0.3, 0.4) is 0 Å². The van der Waals surface area contributed by atoms with E-state index in [-0.39, 0.29) is 5.57 Å². The van der Waals surface area contributed by atoms with Gasteiger partial charge in [-0.2, -0.15) is 5.26 Å². The second kappa shape index (κ2) is 8.14. The summed E-state index contributed by atoms with van der Waals surface area (Å²) in [5, 5.41) is 12.3. The third kappa shape index (κ3) is 4.58. The topological polar surface area (TPSA) is 52.9 Å². The smallest absolute Gasteiger partial charge is 0.266 e. The highest BCUT2D eigenvalue weighted by Gasteiger charge is 2.11. The summed E-state index contributed by atoms with van der Waals surface area (Å²) in [6, 6.07) is 17.0. The lowest BCUT2D eigenvalue weighted by Crippen LogP contribution is -2.14. The molecule has 0 aliphatic carbocycles. The molecule has 0 unspecified atom stereocenters. The average molecular weight is 337 g/mol. The lowest BCUT2D eigenvalue weighted by Gasteiger charge is -2.09. The lowest BCUT2D eigenvalue weighted by atomic mass is 10.1. The van der Waals surface area contributed by atoms with Gasteiger partial charge in [-0.25, -0.2) is 0 Å². The molecule has 1 N–H and O–H groups in total. The predicted molar refractivity (Wildman–Crippen MR) is 98.5 cm³/mol. The zero-order valence-corrected chi connectivity index (χ0v) is 14.3. The Bertz CT molecular complexity index is 846. The molecule has 0 bridgehead atoms. The molecular weight excluding hydrogens is 320 g/mol. The molecule has 0 heterocycles. The number of hydrogen-bond acceptors (Lipinski definition) is 2. The van der Waals surface area contributed by atoms with Crippen molar-refractivity contribution in [3.63, 3.8) is 0 Å². The van der Waals surface area contributed by atoms with E-state index in [4.69, 9.17) is 11.6 Å². The Morgan fingerprint density at radius 1 is 1.12 bits per heavy atom. The number of allylic oxidation sites excluding steroid dienone is 2. The van der Waals surface area contributed by atoms with Crippen molar-refractivity contribution in [3.8, 4) is 6.07 Å². The molecule has 0 fully saturated rings. The second-order valence-corrected chi connectivity index (χ2v) is 5.75. The maximum absolute atomic E-state index is 12.3. The largest absolute Gasteiger partial charge is 0.321 e. The third-order valence-corrected chi connectivity index (χ3v) is 3.82. The summed E-state index contributed by atoms with van der Waals surface area (Å²) >= 11 is 6.15. The standard InChI is InChI=1S/C20H17ClN2O/c1-14-7-6-10-19(15(14)2)23-20(24)17(13-22)12-18(21)11-16-8-4-3-5-9-16/h3-12H,1-2H3,(H,23,24)/b17-12+,18-11-. The Morgan fingerprint density at radius 3 is 2.50 bits per heavy atom. The normalized spacial score (nSPS) is 11.8. The number of carbonyl (C=O) groups is 1. The van der Waals surface area contributed by atoms with E-state index in [1.165, 1.54) is 6.08 Å². The van der Waals surface area contributed by atoms with Crippen molar-refractivity contribution in [3.05, 3.63) is 81.9 Å². The van der Waals surface area contributed by atoms with Crippen LogP contribution in [0.15, 0.2) is 65.2 Å². The van der Waals surface area contributed by atoms with Crippen molar-refractivity contribution < 1.29 is 4.79 Å². The lowest BCUT2D eigenvalue weighted by molar-refractivity contribution is -0.112. The van der Waals surface area contributed by atoms with Gasteiger partial charge in [-0.15, -0.1) is 0 Å². The number of benzene rings is 2. The van der Waals surface area contributed by atoms with E-state index in [9.17, 15) is 10.1 Å². The van der Waals surface area contributed by atoms with Gasteiger partial charge in [0, 0.05) is 10.7 Å². The average Bonchev–Trinajstić information content (AvgIpc) is 2.57. The van der Waals surface area contributed by atoms with Crippen molar-refractivity contribution in [1.82, 2.24) is 0 Å². The van der Waals surface area contributed by atoms with Gasteiger partial charge < -0.3 is 5.32 Å². The van der Waals surface area contributed by atoms with Crippen LogP contribution in [0, 0.1) is 25.2 Å². The summed E-state index contributed by atoms with van der Waals surface area (Å²) in [5.74, 6) is -0.481. The maximum Gasteiger partial charge on any atom is 0.266 e. The Labute approximate surface area is 146 Å². The Morgan fingerprint density at radius 2 is 1.83 bits per heavy atom. The van der Waals surface area contributed by atoms with Crippen LogP contribution in [0.25, 0.3) is 6.08 Å². The van der Waals surface area contributed by atoms with Gasteiger partial charge in [-0.1, -0.05) is 54.1 Å².